The fourth-order valence-electron chi connectivity index (χ4n) is 1.61. The van der Waals surface area contributed by atoms with Crippen LogP contribution in [0.15, 0.2) is 0 Å². The van der Waals surface area contributed by atoms with Gasteiger partial charge in [0.15, 0.2) is 5.13 Å². The van der Waals surface area contributed by atoms with Crippen LogP contribution in [0.2, 0.25) is 0 Å². The predicted molar refractivity (Wildman–Crippen MR) is 90.0 cm³/mol. The number of thioether (sulfide) groups is 1. The second kappa shape index (κ2) is 7.73. The van der Waals surface area contributed by atoms with Crippen molar-refractivity contribution in [3.63, 3.8) is 0 Å². The lowest BCUT2D eigenvalue weighted by Crippen LogP contribution is -2.35. The number of hydrogen-bond donors (Lipinski definition) is 1. The van der Waals surface area contributed by atoms with Crippen LogP contribution in [0.1, 0.15) is 29.9 Å². The van der Waals surface area contributed by atoms with Gasteiger partial charge in [-0.3, -0.25) is 4.79 Å². The van der Waals surface area contributed by atoms with Gasteiger partial charge in [0.2, 0.25) is 0 Å². The summed E-state index contributed by atoms with van der Waals surface area (Å²) in [5.41, 5.74) is 5.89. The fraction of sp³-hybridized carbons (Fsp3) is 0.692. The van der Waals surface area contributed by atoms with Gasteiger partial charge >= 0.3 is 0 Å². The minimum atomic E-state index is -0.0376. The Morgan fingerprint density at radius 3 is 2.70 bits per heavy atom. The summed E-state index contributed by atoms with van der Waals surface area (Å²) >= 11 is 3.15. The molecule has 5 nitrogen and oxygen atoms in total. The summed E-state index contributed by atoms with van der Waals surface area (Å²) in [6.45, 7) is 4.93. The molecule has 0 aliphatic rings. The molecule has 7 heteroatoms. The first kappa shape index (κ1) is 17.1. The van der Waals surface area contributed by atoms with E-state index in [1.807, 2.05) is 25.9 Å². The molecule has 0 bridgehead atoms. The van der Waals surface area contributed by atoms with Gasteiger partial charge in [0.1, 0.15) is 10.7 Å². The Hall–Kier alpha value is -0.950. The molecule has 0 saturated carbocycles. The van der Waals surface area contributed by atoms with E-state index >= 15 is 0 Å². The third kappa shape index (κ3) is 4.02. The minimum Gasteiger partial charge on any atom is -0.382 e. The number of anilines is 2. The minimum absolute atomic E-state index is 0.0376. The van der Waals surface area contributed by atoms with Gasteiger partial charge in [0.25, 0.3) is 5.91 Å². The number of nitrogens with two attached hydrogens (primary N) is 1. The second-order valence-electron chi connectivity index (χ2n) is 4.77. The van der Waals surface area contributed by atoms with Crippen molar-refractivity contribution in [2.45, 2.75) is 26.3 Å². The van der Waals surface area contributed by atoms with Gasteiger partial charge in [-0.25, -0.2) is 4.98 Å². The zero-order valence-electron chi connectivity index (χ0n) is 12.8. The Morgan fingerprint density at radius 2 is 2.15 bits per heavy atom. The van der Waals surface area contributed by atoms with E-state index in [2.05, 4.69) is 18.2 Å². The van der Waals surface area contributed by atoms with Crippen molar-refractivity contribution in [2.75, 3.05) is 43.3 Å². The second-order valence-corrected chi connectivity index (χ2v) is 6.73. The summed E-state index contributed by atoms with van der Waals surface area (Å²) in [5.74, 6) is 1.34. The van der Waals surface area contributed by atoms with Crippen molar-refractivity contribution in [3.05, 3.63) is 4.88 Å². The van der Waals surface area contributed by atoms with Gasteiger partial charge in [0, 0.05) is 26.7 Å². The lowest BCUT2D eigenvalue weighted by molar-refractivity contribution is 0.0747. The number of carbonyl (C=O) groups excluding carboxylic acids is 1. The molecular weight excluding hydrogens is 292 g/mol. The number of carbonyl (C=O) groups is 1. The average Bonchev–Trinajstić information content (AvgIpc) is 2.84. The van der Waals surface area contributed by atoms with E-state index in [1.54, 1.807) is 16.7 Å². The number of nitrogens with zero attached hydrogens (tertiary/aromatic N) is 3. The molecule has 1 unspecified atom stereocenters. The highest BCUT2D eigenvalue weighted by molar-refractivity contribution is 7.98. The average molecular weight is 316 g/mol. The van der Waals surface area contributed by atoms with Crippen LogP contribution >= 0.6 is 23.1 Å². The highest BCUT2D eigenvalue weighted by atomic mass is 32.2. The summed E-state index contributed by atoms with van der Waals surface area (Å²) in [7, 11) is 3.77. The molecule has 0 fully saturated rings. The first-order chi connectivity index (χ1) is 9.42. The maximum absolute atomic E-state index is 12.5. The number of nitrogen functional groups attached to an aromatic ring is 1. The molecule has 1 amide bonds. The van der Waals surface area contributed by atoms with Gasteiger partial charge in [-0.1, -0.05) is 11.3 Å². The van der Waals surface area contributed by atoms with Crippen molar-refractivity contribution >= 4 is 40.0 Å². The number of aromatic nitrogens is 1. The number of rotatable bonds is 7. The standard InChI is InChI=1S/C13H24N4OS2/c1-6-16(3)13-15-11(14)10(20-13)12(18)17(4)9(2)7-8-19-5/h9H,6-8,14H2,1-5H3. The van der Waals surface area contributed by atoms with Crippen LogP contribution in [0.3, 0.4) is 0 Å². The first-order valence-electron chi connectivity index (χ1n) is 6.65. The van der Waals surface area contributed by atoms with E-state index < -0.39 is 0 Å². The van der Waals surface area contributed by atoms with Gasteiger partial charge < -0.3 is 15.5 Å². The van der Waals surface area contributed by atoms with E-state index in [1.165, 1.54) is 11.3 Å². The van der Waals surface area contributed by atoms with Crippen LogP contribution in [0.5, 0.6) is 0 Å². The largest absolute Gasteiger partial charge is 0.382 e. The third-order valence-electron chi connectivity index (χ3n) is 3.36. The molecule has 0 radical (unpaired) electrons. The fourth-order valence-corrected chi connectivity index (χ4v) is 3.18. The summed E-state index contributed by atoms with van der Waals surface area (Å²) in [6.07, 6.45) is 3.05. The number of amides is 1. The third-order valence-corrected chi connectivity index (χ3v) is 5.18. The van der Waals surface area contributed by atoms with Crippen LogP contribution in [0.4, 0.5) is 10.9 Å². The smallest absolute Gasteiger partial charge is 0.267 e. The predicted octanol–water partition coefficient (Wildman–Crippen LogP) is 2.40. The van der Waals surface area contributed by atoms with Crippen molar-refractivity contribution in [2.24, 2.45) is 0 Å². The van der Waals surface area contributed by atoms with Crippen LogP contribution in [-0.2, 0) is 0 Å². The summed E-state index contributed by atoms with van der Waals surface area (Å²) in [5, 5.41) is 0.790. The number of hydrogen-bond acceptors (Lipinski definition) is 6. The zero-order valence-corrected chi connectivity index (χ0v) is 14.5. The van der Waals surface area contributed by atoms with Crippen LogP contribution in [-0.4, -0.2) is 54.5 Å². The van der Waals surface area contributed by atoms with Gasteiger partial charge in [-0.15, -0.1) is 0 Å². The normalized spacial score (nSPS) is 12.2. The topological polar surface area (TPSA) is 62.5 Å². The first-order valence-corrected chi connectivity index (χ1v) is 8.86. The zero-order chi connectivity index (χ0) is 15.3. The molecule has 0 aliphatic heterocycles. The molecule has 1 atom stereocenters. The van der Waals surface area contributed by atoms with Crippen molar-refractivity contribution in [1.82, 2.24) is 9.88 Å². The van der Waals surface area contributed by atoms with Crippen LogP contribution < -0.4 is 10.6 Å². The molecule has 1 rings (SSSR count). The highest BCUT2D eigenvalue weighted by Gasteiger charge is 2.23. The molecule has 20 heavy (non-hydrogen) atoms. The Morgan fingerprint density at radius 1 is 1.50 bits per heavy atom. The SMILES string of the molecule is CCN(C)c1nc(N)c(C(=O)N(C)C(C)CCSC)s1. The van der Waals surface area contributed by atoms with E-state index in [4.69, 9.17) is 5.73 Å². The summed E-state index contributed by atoms with van der Waals surface area (Å²) < 4.78 is 0. The maximum atomic E-state index is 12.5. The van der Waals surface area contributed by atoms with Crippen LogP contribution in [0, 0.1) is 0 Å². The Bertz CT molecular complexity index is 450. The van der Waals surface area contributed by atoms with E-state index in [0.717, 1.165) is 23.8 Å². The molecule has 1 heterocycles. The molecular formula is C13H24N4OS2. The summed E-state index contributed by atoms with van der Waals surface area (Å²) in [6, 6.07) is 0.198. The van der Waals surface area contributed by atoms with Crippen molar-refractivity contribution in [3.8, 4) is 0 Å². The van der Waals surface area contributed by atoms with E-state index in [0.29, 0.717) is 10.7 Å². The molecule has 0 aliphatic carbocycles. The highest BCUT2D eigenvalue weighted by Crippen LogP contribution is 2.28. The molecule has 114 valence electrons. The number of thiazole rings is 1. The molecule has 1 aromatic heterocycles. The van der Waals surface area contributed by atoms with Gasteiger partial charge in [-0.05, 0) is 32.3 Å². The van der Waals surface area contributed by atoms with Gasteiger partial charge in [-0.2, -0.15) is 11.8 Å². The Kier molecular flexibility index (Phi) is 6.61. The quantitative estimate of drug-likeness (QED) is 0.837. The van der Waals surface area contributed by atoms with E-state index in [-0.39, 0.29) is 11.9 Å². The van der Waals surface area contributed by atoms with Crippen LogP contribution in [0.25, 0.3) is 0 Å². The molecule has 0 saturated heterocycles. The summed E-state index contributed by atoms with van der Waals surface area (Å²) in [4.78, 5) is 21.0. The Balaban J connectivity index is 2.83. The molecule has 0 spiro atoms. The molecule has 1 aromatic rings. The van der Waals surface area contributed by atoms with Gasteiger partial charge in [0.05, 0.1) is 0 Å². The molecule has 2 N–H and O–H groups in total. The van der Waals surface area contributed by atoms with Crippen molar-refractivity contribution < 1.29 is 4.79 Å². The lowest BCUT2D eigenvalue weighted by Gasteiger charge is -2.24. The monoisotopic (exact) mass is 316 g/mol. The molecule has 0 aromatic carbocycles. The Labute approximate surface area is 129 Å². The maximum Gasteiger partial charge on any atom is 0.267 e. The lowest BCUT2D eigenvalue weighted by atomic mass is 10.2. The van der Waals surface area contributed by atoms with E-state index in [9.17, 15) is 4.79 Å². The van der Waals surface area contributed by atoms with Crippen molar-refractivity contribution in [1.29, 1.82) is 0 Å².